The molecule has 0 radical (unpaired) electrons. The second kappa shape index (κ2) is 4.78. The highest BCUT2D eigenvalue weighted by atomic mass is 15.1. The molecular weight excluding hydrogens is 226 g/mol. The molecule has 0 N–H and O–H groups in total. The molecule has 0 saturated heterocycles. The molecular formula is C13H15N5. The van der Waals surface area contributed by atoms with E-state index in [2.05, 4.69) is 31.8 Å². The maximum Gasteiger partial charge on any atom is 0.162 e. The predicted octanol–water partition coefficient (Wildman–Crippen LogP) is 1.31. The van der Waals surface area contributed by atoms with Crippen molar-refractivity contribution in [1.29, 1.82) is 0 Å². The Kier molecular flexibility index (Phi) is 2.98. The fourth-order valence-corrected chi connectivity index (χ4v) is 2.18. The number of fused-ring (bicyclic) bond motifs is 1. The van der Waals surface area contributed by atoms with Crippen molar-refractivity contribution in [2.45, 2.75) is 19.9 Å². The van der Waals surface area contributed by atoms with Gasteiger partial charge >= 0.3 is 0 Å². The number of hydrogen-bond donors (Lipinski definition) is 0. The van der Waals surface area contributed by atoms with Crippen molar-refractivity contribution in [3.63, 3.8) is 0 Å². The lowest BCUT2D eigenvalue weighted by Gasteiger charge is -2.26. The van der Waals surface area contributed by atoms with Crippen molar-refractivity contribution in [3.8, 4) is 11.4 Å². The van der Waals surface area contributed by atoms with Crippen molar-refractivity contribution in [2.75, 3.05) is 13.1 Å². The molecule has 0 aliphatic carbocycles. The molecule has 3 rings (SSSR count). The molecule has 2 aromatic rings. The SMILES string of the molecule is CCN1CCc2cnc(-c3cncnc3)nc2C1. The lowest BCUT2D eigenvalue weighted by molar-refractivity contribution is 0.263. The number of aromatic nitrogens is 4. The molecule has 3 heterocycles. The molecule has 0 bridgehead atoms. The first kappa shape index (κ1) is 11.2. The zero-order valence-electron chi connectivity index (χ0n) is 10.4. The van der Waals surface area contributed by atoms with Gasteiger partial charge in [-0.3, -0.25) is 4.90 Å². The lowest BCUT2D eigenvalue weighted by atomic mass is 10.1. The summed E-state index contributed by atoms with van der Waals surface area (Å²) in [5.41, 5.74) is 3.27. The van der Waals surface area contributed by atoms with Crippen molar-refractivity contribution in [2.24, 2.45) is 0 Å². The second-order valence-electron chi connectivity index (χ2n) is 4.41. The Balaban J connectivity index is 1.96. The lowest BCUT2D eigenvalue weighted by Crippen LogP contribution is -2.31. The van der Waals surface area contributed by atoms with Gasteiger partial charge in [0, 0.05) is 31.7 Å². The molecule has 0 atom stereocenters. The van der Waals surface area contributed by atoms with Crippen LogP contribution in [0.3, 0.4) is 0 Å². The van der Waals surface area contributed by atoms with E-state index in [1.807, 2.05) is 6.20 Å². The van der Waals surface area contributed by atoms with E-state index in [-0.39, 0.29) is 0 Å². The van der Waals surface area contributed by atoms with E-state index in [9.17, 15) is 0 Å². The second-order valence-corrected chi connectivity index (χ2v) is 4.41. The fraction of sp³-hybridized carbons (Fsp3) is 0.385. The first-order valence-electron chi connectivity index (χ1n) is 6.19. The normalized spacial score (nSPS) is 15.4. The van der Waals surface area contributed by atoms with Gasteiger partial charge < -0.3 is 0 Å². The molecule has 92 valence electrons. The predicted molar refractivity (Wildman–Crippen MR) is 67.7 cm³/mol. The molecule has 0 saturated carbocycles. The van der Waals surface area contributed by atoms with Crippen molar-refractivity contribution < 1.29 is 0 Å². The van der Waals surface area contributed by atoms with Gasteiger partial charge in [-0.2, -0.15) is 0 Å². The molecule has 5 heteroatoms. The van der Waals surface area contributed by atoms with Crippen molar-refractivity contribution in [1.82, 2.24) is 24.8 Å². The average Bonchev–Trinajstić information content (AvgIpc) is 2.47. The third-order valence-corrected chi connectivity index (χ3v) is 3.29. The third-order valence-electron chi connectivity index (χ3n) is 3.29. The summed E-state index contributed by atoms with van der Waals surface area (Å²) in [6.07, 6.45) is 7.98. The Hall–Kier alpha value is -1.88. The Morgan fingerprint density at radius 2 is 2.06 bits per heavy atom. The van der Waals surface area contributed by atoms with Crippen molar-refractivity contribution >= 4 is 0 Å². The van der Waals surface area contributed by atoms with Gasteiger partial charge in [0.05, 0.1) is 11.3 Å². The molecule has 0 aromatic carbocycles. The monoisotopic (exact) mass is 241 g/mol. The minimum Gasteiger partial charge on any atom is -0.297 e. The topological polar surface area (TPSA) is 54.8 Å². The molecule has 0 fully saturated rings. The Bertz CT molecular complexity index is 540. The molecule has 18 heavy (non-hydrogen) atoms. The van der Waals surface area contributed by atoms with Crippen LogP contribution >= 0.6 is 0 Å². The Morgan fingerprint density at radius 1 is 1.22 bits per heavy atom. The first-order valence-corrected chi connectivity index (χ1v) is 6.19. The summed E-state index contributed by atoms with van der Waals surface area (Å²) in [5, 5.41) is 0. The number of likely N-dealkylation sites (N-methyl/N-ethyl adjacent to an activating group) is 1. The minimum absolute atomic E-state index is 0.715. The number of rotatable bonds is 2. The number of hydrogen-bond acceptors (Lipinski definition) is 5. The van der Waals surface area contributed by atoms with Gasteiger partial charge in [0.2, 0.25) is 0 Å². The molecule has 0 unspecified atom stereocenters. The van der Waals surface area contributed by atoms with Gasteiger partial charge in [-0.15, -0.1) is 0 Å². The Morgan fingerprint density at radius 3 is 2.83 bits per heavy atom. The molecule has 0 amide bonds. The van der Waals surface area contributed by atoms with Crippen LogP contribution in [0.15, 0.2) is 24.9 Å². The molecule has 1 aliphatic heterocycles. The zero-order valence-corrected chi connectivity index (χ0v) is 10.4. The smallest absolute Gasteiger partial charge is 0.162 e. The van der Waals surface area contributed by atoms with Crippen LogP contribution in [-0.2, 0) is 13.0 Å². The highest BCUT2D eigenvalue weighted by Crippen LogP contribution is 2.19. The summed E-state index contributed by atoms with van der Waals surface area (Å²) >= 11 is 0. The maximum absolute atomic E-state index is 4.65. The van der Waals surface area contributed by atoms with Crippen LogP contribution in [0.2, 0.25) is 0 Å². The highest BCUT2D eigenvalue weighted by Gasteiger charge is 2.17. The summed E-state index contributed by atoms with van der Waals surface area (Å²) < 4.78 is 0. The van der Waals surface area contributed by atoms with Crippen LogP contribution in [0.1, 0.15) is 18.2 Å². The largest absolute Gasteiger partial charge is 0.297 e. The first-order chi connectivity index (χ1) is 8.86. The summed E-state index contributed by atoms with van der Waals surface area (Å²) in [4.78, 5) is 19.4. The van der Waals surface area contributed by atoms with E-state index in [1.54, 1.807) is 12.4 Å². The van der Waals surface area contributed by atoms with E-state index in [0.717, 1.165) is 37.3 Å². The summed E-state index contributed by atoms with van der Waals surface area (Å²) in [5.74, 6) is 0.715. The fourth-order valence-electron chi connectivity index (χ4n) is 2.18. The molecule has 1 aliphatic rings. The van der Waals surface area contributed by atoms with Crippen LogP contribution in [0.25, 0.3) is 11.4 Å². The van der Waals surface area contributed by atoms with Gasteiger partial charge in [0.1, 0.15) is 6.33 Å². The van der Waals surface area contributed by atoms with Crippen LogP contribution < -0.4 is 0 Å². The van der Waals surface area contributed by atoms with E-state index >= 15 is 0 Å². The minimum atomic E-state index is 0.715. The van der Waals surface area contributed by atoms with Crippen molar-refractivity contribution in [3.05, 3.63) is 36.2 Å². The van der Waals surface area contributed by atoms with Crippen LogP contribution in [-0.4, -0.2) is 37.9 Å². The summed E-state index contributed by atoms with van der Waals surface area (Å²) in [6, 6.07) is 0. The maximum atomic E-state index is 4.65. The zero-order chi connectivity index (χ0) is 12.4. The summed E-state index contributed by atoms with van der Waals surface area (Å²) in [6.45, 7) is 5.25. The van der Waals surface area contributed by atoms with E-state index in [0.29, 0.717) is 5.82 Å². The van der Waals surface area contributed by atoms with Gasteiger partial charge in [0.15, 0.2) is 5.82 Å². The van der Waals surface area contributed by atoms with E-state index < -0.39 is 0 Å². The quantitative estimate of drug-likeness (QED) is 0.793. The summed E-state index contributed by atoms with van der Waals surface area (Å²) in [7, 11) is 0. The molecule has 2 aromatic heterocycles. The molecule has 5 nitrogen and oxygen atoms in total. The van der Waals surface area contributed by atoms with Gasteiger partial charge in [-0.25, -0.2) is 19.9 Å². The van der Waals surface area contributed by atoms with Crippen LogP contribution in [0.5, 0.6) is 0 Å². The van der Waals surface area contributed by atoms with E-state index in [4.69, 9.17) is 0 Å². The third kappa shape index (κ3) is 2.09. The van der Waals surface area contributed by atoms with Gasteiger partial charge in [0.25, 0.3) is 0 Å². The van der Waals surface area contributed by atoms with Gasteiger partial charge in [-0.1, -0.05) is 6.92 Å². The Labute approximate surface area is 106 Å². The van der Waals surface area contributed by atoms with Gasteiger partial charge in [-0.05, 0) is 18.5 Å². The van der Waals surface area contributed by atoms with Crippen LogP contribution in [0, 0.1) is 0 Å². The average molecular weight is 241 g/mol. The standard InChI is InChI=1S/C13H15N5/c1-2-18-4-3-10-7-16-13(17-12(10)8-18)11-5-14-9-15-6-11/h5-7,9H,2-4,8H2,1H3. The highest BCUT2D eigenvalue weighted by molar-refractivity contribution is 5.52. The van der Waals surface area contributed by atoms with E-state index in [1.165, 1.54) is 11.9 Å². The number of nitrogens with zero attached hydrogens (tertiary/aromatic N) is 5. The molecule has 0 spiro atoms. The van der Waals surface area contributed by atoms with Crippen LogP contribution in [0.4, 0.5) is 0 Å².